The van der Waals surface area contributed by atoms with Gasteiger partial charge in [0.1, 0.15) is 0 Å². The first kappa shape index (κ1) is 16.7. The van der Waals surface area contributed by atoms with Crippen molar-refractivity contribution < 1.29 is 9.90 Å². The number of carboxylic acid groups (broad SMARTS) is 1. The summed E-state index contributed by atoms with van der Waals surface area (Å²) in [6.07, 6.45) is 5.19. The van der Waals surface area contributed by atoms with E-state index in [9.17, 15) is 9.90 Å². The van der Waals surface area contributed by atoms with E-state index >= 15 is 0 Å². The van der Waals surface area contributed by atoms with E-state index in [0.717, 1.165) is 19.3 Å². The van der Waals surface area contributed by atoms with Gasteiger partial charge in [-0.15, -0.1) is 0 Å². The van der Waals surface area contributed by atoms with Crippen molar-refractivity contribution in [2.24, 2.45) is 5.92 Å². The molecule has 0 rings (SSSR count). The average Bonchev–Trinajstić information content (AvgIpc) is 2.32. The van der Waals surface area contributed by atoms with Crippen LogP contribution in [-0.4, -0.2) is 19.1 Å². The summed E-state index contributed by atoms with van der Waals surface area (Å²) in [4.78, 5) is 11.2. The Morgan fingerprint density at radius 3 is 2.12 bits per heavy atom. The van der Waals surface area contributed by atoms with Crippen LogP contribution in [0.1, 0.15) is 52.9 Å². The summed E-state index contributed by atoms with van der Waals surface area (Å²) in [7, 11) is -1.12. The van der Waals surface area contributed by atoms with Crippen molar-refractivity contribution in [3.05, 3.63) is 0 Å². The number of hydrogen-bond donors (Lipinski definition) is 1. The Morgan fingerprint density at radius 1 is 1.12 bits per heavy atom. The van der Waals surface area contributed by atoms with Gasteiger partial charge < -0.3 is 5.11 Å². The highest BCUT2D eigenvalue weighted by Crippen LogP contribution is 2.26. The van der Waals surface area contributed by atoms with Crippen molar-refractivity contribution in [3.8, 4) is 0 Å². The van der Waals surface area contributed by atoms with Crippen molar-refractivity contribution >= 4 is 14.0 Å². The quantitative estimate of drug-likeness (QED) is 0.452. The Balaban J connectivity index is 4.12. The molecule has 102 valence electrons. The third kappa shape index (κ3) is 6.87. The monoisotopic (exact) mass is 258 g/mol. The molecule has 0 aromatic rings. The highest BCUT2D eigenvalue weighted by molar-refractivity contribution is 6.78. The Morgan fingerprint density at radius 2 is 1.71 bits per heavy atom. The molecule has 1 atom stereocenters. The summed E-state index contributed by atoms with van der Waals surface area (Å²) in [5.74, 6) is -0.670. The minimum atomic E-state index is -1.12. The maximum atomic E-state index is 11.2. The summed E-state index contributed by atoms with van der Waals surface area (Å²) >= 11 is 0. The molecule has 0 aromatic heterocycles. The first-order valence-corrected chi connectivity index (χ1v) is 10.3. The summed E-state index contributed by atoms with van der Waals surface area (Å²) in [5.41, 5.74) is 0. The largest absolute Gasteiger partial charge is 0.481 e. The normalized spacial score (nSPS) is 13.6. The van der Waals surface area contributed by atoms with Crippen LogP contribution in [0.25, 0.3) is 0 Å². The van der Waals surface area contributed by atoms with Gasteiger partial charge in [-0.05, 0) is 12.8 Å². The maximum absolute atomic E-state index is 11.2. The van der Waals surface area contributed by atoms with Crippen molar-refractivity contribution in [1.82, 2.24) is 0 Å². The molecule has 0 aliphatic carbocycles. The molecule has 17 heavy (non-hydrogen) atoms. The lowest BCUT2D eigenvalue weighted by Crippen LogP contribution is -2.29. The van der Waals surface area contributed by atoms with E-state index in [0.29, 0.717) is 0 Å². The van der Waals surface area contributed by atoms with Crippen LogP contribution in [0.15, 0.2) is 0 Å². The molecule has 0 saturated carbocycles. The lowest BCUT2D eigenvalue weighted by Gasteiger charge is -2.25. The van der Waals surface area contributed by atoms with E-state index in [1.165, 1.54) is 31.0 Å². The van der Waals surface area contributed by atoms with E-state index in [-0.39, 0.29) is 5.92 Å². The van der Waals surface area contributed by atoms with Crippen molar-refractivity contribution in [3.63, 3.8) is 0 Å². The van der Waals surface area contributed by atoms with Crippen molar-refractivity contribution in [2.45, 2.75) is 77.6 Å². The van der Waals surface area contributed by atoms with Gasteiger partial charge >= 0.3 is 5.97 Å². The van der Waals surface area contributed by atoms with Crippen LogP contribution in [0.3, 0.4) is 0 Å². The second-order valence-corrected chi connectivity index (χ2v) is 11.1. The Labute approximate surface area is 108 Å². The first-order valence-electron chi connectivity index (χ1n) is 7.21. The number of unbranched alkanes of at least 4 members (excludes halogenated alkanes) is 2. The molecule has 0 aromatic carbocycles. The van der Waals surface area contributed by atoms with Crippen LogP contribution in [0.4, 0.5) is 0 Å². The lowest BCUT2D eigenvalue weighted by atomic mass is 9.99. The van der Waals surface area contributed by atoms with Crippen molar-refractivity contribution in [2.75, 3.05) is 0 Å². The van der Waals surface area contributed by atoms with Gasteiger partial charge in [-0.3, -0.25) is 4.79 Å². The van der Waals surface area contributed by atoms with Gasteiger partial charge in [0, 0.05) is 8.07 Å². The number of carbonyl (C=O) groups is 1. The zero-order valence-electron chi connectivity index (χ0n) is 12.1. The van der Waals surface area contributed by atoms with E-state index < -0.39 is 14.0 Å². The zero-order chi connectivity index (χ0) is 13.3. The number of rotatable bonds is 10. The van der Waals surface area contributed by atoms with E-state index in [4.69, 9.17) is 0 Å². The minimum absolute atomic E-state index is 0.0912. The van der Waals surface area contributed by atoms with Gasteiger partial charge in [0.15, 0.2) is 0 Å². The number of aliphatic carboxylic acids is 1. The standard InChI is InChI=1S/C14H30O2Si/c1-5-8-9-10-13(14(15)16)11-12-17(4,6-2)7-3/h13H,5-12H2,1-4H3,(H,15,16). The van der Waals surface area contributed by atoms with Crippen LogP contribution in [0, 0.1) is 5.92 Å². The minimum Gasteiger partial charge on any atom is -0.481 e. The molecule has 0 bridgehead atoms. The molecule has 0 fully saturated rings. The van der Waals surface area contributed by atoms with Gasteiger partial charge in [0.2, 0.25) is 0 Å². The molecule has 0 heterocycles. The topological polar surface area (TPSA) is 37.3 Å². The SMILES string of the molecule is CCCCCC(CC[Si](C)(CC)CC)C(=O)O. The zero-order valence-corrected chi connectivity index (χ0v) is 13.1. The summed E-state index contributed by atoms with van der Waals surface area (Å²) in [5, 5.41) is 9.23. The van der Waals surface area contributed by atoms with Crippen LogP contribution in [-0.2, 0) is 4.79 Å². The van der Waals surface area contributed by atoms with E-state index in [2.05, 4.69) is 27.3 Å². The van der Waals surface area contributed by atoms with Gasteiger partial charge in [-0.2, -0.15) is 0 Å². The Hall–Kier alpha value is -0.313. The molecule has 0 saturated heterocycles. The lowest BCUT2D eigenvalue weighted by molar-refractivity contribution is -0.142. The fraction of sp³-hybridized carbons (Fsp3) is 0.929. The van der Waals surface area contributed by atoms with Gasteiger partial charge in [-0.1, -0.05) is 64.7 Å². The van der Waals surface area contributed by atoms with E-state index in [1.807, 2.05) is 0 Å². The molecule has 0 spiro atoms. The smallest absolute Gasteiger partial charge is 0.306 e. The Kier molecular flexibility index (Phi) is 8.57. The predicted molar refractivity (Wildman–Crippen MR) is 77.3 cm³/mol. The molecule has 0 radical (unpaired) electrons. The fourth-order valence-electron chi connectivity index (χ4n) is 2.16. The number of hydrogen-bond acceptors (Lipinski definition) is 1. The maximum Gasteiger partial charge on any atom is 0.306 e. The van der Waals surface area contributed by atoms with Gasteiger partial charge in [0.25, 0.3) is 0 Å². The molecule has 3 heteroatoms. The fourth-order valence-corrected chi connectivity index (χ4v) is 4.41. The van der Waals surface area contributed by atoms with Gasteiger partial charge in [0.05, 0.1) is 5.92 Å². The summed E-state index contributed by atoms with van der Waals surface area (Å²) in [6, 6.07) is 3.75. The molecule has 1 N–H and O–H groups in total. The second kappa shape index (κ2) is 8.73. The highest BCUT2D eigenvalue weighted by atomic mass is 28.3. The first-order chi connectivity index (χ1) is 7.99. The van der Waals surface area contributed by atoms with Crippen LogP contribution in [0.5, 0.6) is 0 Å². The third-order valence-electron chi connectivity index (χ3n) is 4.31. The van der Waals surface area contributed by atoms with Crippen LogP contribution in [0.2, 0.25) is 24.7 Å². The van der Waals surface area contributed by atoms with Crippen LogP contribution < -0.4 is 0 Å². The third-order valence-corrected chi connectivity index (χ3v) is 9.22. The second-order valence-electron chi connectivity index (χ2n) is 5.59. The average molecular weight is 258 g/mol. The molecular formula is C14H30O2Si. The summed E-state index contributed by atoms with van der Waals surface area (Å²) in [6.45, 7) is 9.11. The number of carboxylic acids is 1. The van der Waals surface area contributed by atoms with Crippen LogP contribution >= 0.6 is 0 Å². The van der Waals surface area contributed by atoms with Crippen molar-refractivity contribution in [1.29, 1.82) is 0 Å². The predicted octanol–water partition coefficient (Wildman–Crippen LogP) is 4.78. The Bertz CT molecular complexity index is 212. The van der Waals surface area contributed by atoms with Gasteiger partial charge in [-0.25, -0.2) is 0 Å². The molecule has 0 amide bonds. The summed E-state index contributed by atoms with van der Waals surface area (Å²) < 4.78 is 0. The molecule has 1 unspecified atom stereocenters. The molecule has 0 aliphatic heterocycles. The molecule has 2 nitrogen and oxygen atoms in total. The molecular weight excluding hydrogens is 228 g/mol. The highest BCUT2D eigenvalue weighted by Gasteiger charge is 2.26. The molecule has 0 aliphatic rings. The van der Waals surface area contributed by atoms with E-state index in [1.54, 1.807) is 0 Å².